The molecular weight excluding hydrogens is 416 g/mol. The predicted octanol–water partition coefficient (Wildman–Crippen LogP) is 4.01. The summed E-state index contributed by atoms with van der Waals surface area (Å²) in [5.41, 5.74) is 1.30. The Labute approximate surface area is 189 Å². The SMILES string of the molecule is O=C(Oc1cccc2cccnc12)c1cccc(N2C(=O)[C@@H]3[C@H]4C=C[C@@H]([C@@H]5C[C@H]45)[C@H]3C2=O)c1. The molecule has 2 bridgehead atoms. The van der Waals surface area contributed by atoms with Crippen molar-refractivity contribution >= 4 is 34.4 Å². The summed E-state index contributed by atoms with van der Waals surface area (Å²) in [5.74, 6) is 0.414. The van der Waals surface area contributed by atoms with Crippen LogP contribution in [0.2, 0.25) is 0 Å². The van der Waals surface area contributed by atoms with Gasteiger partial charge in [0.2, 0.25) is 11.8 Å². The molecular formula is C27H20N2O4. The molecule has 5 aliphatic rings. The second-order valence-electron chi connectivity index (χ2n) is 9.44. The first-order chi connectivity index (χ1) is 16.1. The van der Waals surface area contributed by atoms with Crippen LogP contribution in [0.5, 0.6) is 5.75 Å². The van der Waals surface area contributed by atoms with Gasteiger partial charge in [0.1, 0.15) is 5.52 Å². The van der Waals surface area contributed by atoms with E-state index in [2.05, 4.69) is 17.1 Å². The van der Waals surface area contributed by atoms with Crippen LogP contribution in [-0.4, -0.2) is 22.8 Å². The number of benzene rings is 2. The van der Waals surface area contributed by atoms with E-state index in [1.807, 2.05) is 18.2 Å². The third-order valence-electron chi connectivity index (χ3n) is 7.80. The lowest BCUT2D eigenvalue weighted by atomic mass is 9.63. The van der Waals surface area contributed by atoms with Crippen LogP contribution in [0, 0.1) is 35.5 Å². The molecule has 2 heterocycles. The quantitative estimate of drug-likeness (QED) is 0.268. The number of esters is 1. The number of pyridine rings is 1. The van der Waals surface area contributed by atoms with Crippen LogP contribution in [-0.2, 0) is 9.59 Å². The maximum atomic E-state index is 13.4. The number of anilines is 1. The monoisotopic (exact) mass is 436 g/mol. The molecule has 0 spiro atoms. The largest absolute Gasteiger partial charge is 0.421 e. The smallest absolute Gasteiger partial charge is 0.343 e. The predicted molar refractivity (Wildman–Crippen MR) is 120 cm³/mol. The van der Waals surface area contributed by atoms with Gasteiger partial charge in [-0.05, 0) is 60.4 Å². The molecule has 2 amide bonds. The third-order valence-corrected chi connectivity index (χ3v) is 7.80. The van der Waals surface area contributed by atoms with E-state index >= 15 is 0 Å². The Bertz CT molecular complexity index is 1350. The van der Waals surface area contributed by atoms with E-state index < -0.39 is 5.97 Å². The number of nitrogens with zero attached hydrogens (tertiary/aromatic N) is 2. The minimum absolute atomic E-state index is 0.140. The number of imide groups is 1. The number of aromatic nitrogens is 1. The zero-order valence-corrected chi connectivity index (χ0v) is 17.6. The summed E-state index contributed by atoms with van der Waals surface area (Å²) in [7, 11) is 0. The van der Waals surface area contributed by atoms with Crippen LogP contribution < -0.4 is 9.64 Å². The zero-order chi connectivity index (χ0) is 22.3. The van der Waals surface area contributed by atoms with Crippen molar-refractivity contribution in [2.24, 2.45) is 35.5 Å². The molecule has 6 atom stereocenters. The van der Waals surface area contributed by atoms with Crippen molar-refractivity contribution in [3.63, 3.8) is 0 Å². The molecule has 1 aliphatic heterocycles. The maximum Gasteiger partial charge on any atom is 0.343 e. The number of rotatable bonds is 3. The van der Waals surface area contributed by atoms with Gasteiger partial charge in [0.05, 0.1) is 23.1 Å². The molecule has 3 fully saturated rings. The summed E-state index contributed by atoms with van der Waals surface area (Å²) in [5, 5.41) is 0.869. The highest BCUT2D eigenvalue weighted by molar-refractivity contribution is 6.23. The topological polar surface area (TPSA) is 76.6 Å². The molecule has 4 aliphatic carbocycles. The molecule has 0 radical (unpaired) electrons. The highest BCUT2D eigenvalue weighted by atomic mass is 16.5. The highest BCUT2D eigenvalue weighted by Crippen LogP contribution is 2.65. The summed E-state index contributed by atoms with van der Waals surface area (Å²) in [6, 6.07) is 15.7. The van der Waals surface area contributed by atoms with Gasteiger partial charge in [-0.15, -0.1) is 0 Å². The number of hydrogen-bond acceptors (Lipinski definition) is 5. The van der Waals surface area contributed by atoms with E-state index in [9.17, 15) is 14.4 Å². The van der Waals surface area contributed by atoms with Crippen molar-refractivity contribution in [3.05, 3.63) is 78.5 Å². The second-order valence-corrected chi connectivity index (χ2v) is 9.44. The van der Waals surface area contributed by atoms with Crippen molar-refractivity contribution < 1.29 is 19.1 Å². The summed E-state index contributed by atoms with van der Waals surface area (Å²) < 4.78 is 5.64. The van der Waals surface area contributed by atoms with Crippen LogP contribution in [0.25, 0.3) is 10.9 Å². The van der Waals surface area contributed by atoms with Gasteiger partial charge in [-0.25, -0.2) is 9.69 Å². The maximum absolute atomic E-state index is 13.4. The molecule has 162 valence electrons. The standard InChI is InChI=1S/C27H20N2O4/c30-25-22-17-9-10-18(20-13-19(17)20)23(22)26(31)29(25)16-7-1-5-15(12-16)27(32)33-21-8-2-4-14-6-3-11-28-24(14)21/h1-12,17-20,22-23H,13H2/t17-,18-,19-,20+,22+,23+/m0/s1. The van der Waals surface area contributed by atoms with Gasteiger partial charge in [0, 0.05) is 11.6 Å². The fourth-order valence-corrected chi connectivity index (χ4v) is 6.30. The Morgan fingerprint density at radius 3 is 2.36 bits per heavy atom. The molecule has 1 aromatic heterocycles. The van der Waals surface area contributed by atoms with Gasteiger partial charge in [0.25, 0.3) is 0 Å². The number of carbonyl (C=O) groups is 3. The fraction of sp³-hybridized carbons (Fsp3) is 0.259. The lowest BCUT2D eigenvalue weighted by molar-refractivity contribution is -0.124. The molecule has 6 nitrogen and oxygen atoms in total. The Balaban J connectivity index is 1.19. The summed E-state index contributed by atoms with van der Waals surface area (Å²) in [6.45, 7) is 0. The Morgan fingerprint density at radius 1 is 0.909 bits per heavy atom. The van der Waals surface area contributed by atoms with Crippen LogP contribution in [0.3, 0.4) is 0 Å². The second kappa shape index (κ2) is 6.61. The minimum Gasteiger partial charge on any atom is -0.421 e. The lowest BCUT2D eigenvalue weighted by Gasteiger charge is -2.37. The number of amides is 2. The molecule has 0 N–H and O–H groups in total. The number of allylic oxidation sites excluding steroid dienone is 2. The Morgan fingerprint density at radius 2 is 1.61 bits per heavy atom. The van der Waals surface area contributed by atoms with E-state index in [1.54, 1.807) is 42.6 Å². The van der Waals surface area contributed by atoms with Crippen LogP contribution >= 0.6 is 0 Å². The van der Waals surface area contributed by atoms with Gasteiger partial charge in [-0.2, -0.15) is 0 Å². The average Bonchev–Trinajstić information content (AvgIpc) is 3.62. The fourth-order valence-electron chi connectivity index (χ4n) is 6.30. The lowest BCUT2D eigenvalue weighted by Crippen LogP contribution is -2.40. The average molecular weight is 436 g/mol. The Hall–Kier alpha value is -3.80. The van der Waals surface area contributed by atoms with Gasteiger partial charge < -0.3 is 4.74 Å². The molecule has 33 heavy (non-hydrogen) atoms. The first kappa shape index (κ1) is 18.7. The molecule has 1 saturated heterocycles. The summed E-state index contributed by atoms with van der Waals surface area (Å²) in [4.78, 5) is 45.3. The molecule has 6 heteroatoms. The van der Waals surface area contributed by atoms with E-state index in [0.29, 0.717) is 28.8 Å². The zero-order valence-electron chi connectivity index (χ0n) is 17.6. The van der Waals surface area contributed by atoms with E-state index in [1.165, 1.54) is 4.90 Å². The van der Waals surface area contributed by atoms with Crippen molar-refractivity contribution in [2.45, 2.75) is 6.42 Å². The minimum atomic E-state index is -0.561. The van der Waals surface area contributed by atoms with Crippen molar-refractivity contribution in [1.29, 1.82) is 0 Å². The van der Waals surface area contributed by atoms with Crippen LogP contribution in [0.1, 0.15) is 16.8 Å². The van der Waals surface area contributed by atoms with E-state index in [-0.39, 0.29) is 41.0 Å². The number of carbonyl (C=O) groups excluding carboxylic acids is 3. The number of para-hydroxylation sites is 1. The molecule has 2 aromatic carbocycles. The molecule has 2 saturated carbocycles. The highest BCUT2D eigenvalue weighted by Gasteiger charge is 2.67. The summed E-state index contributed by atoms with van der Waals surface area (Å²) >= 11 is 0. The first-order valence-corrected chi connectivity index (χ1v) is 11.3. The van der Waals surface area contributed by atoms with Gasteiger partial charge in [0.15, 0.2) is 5.75 Å². The number of hydrogen-bond donors (Lipinski definition) is 0. The number of ether oxygens (including phenoxy) is 1. The van der Waals surface area contributed by atoms with Crippen molar-refractivity contribution in [3.8, 4) is 5.75 Å². The van der Waals surface area contributed by atoms with E-state index in [4.69, 9.17) is 4.74 Å². The molecule has 0 unspecified atom stereocenters. The van der Waals surface area contributed by atoms with Crippen LogP contribution in [0.4, 0.5) is 5.69 Å². The van der Waals surface area contributed by atoms with Crippen molar-refractivity contribution in [2.75, 3.05) is 4.90 Å². The molecule has 8 rings (SSSR count). The first-order valence-electron chi connectivity index (χ1n) is 11.3. The van der Waals surface area contributed by atoms with Gasteiger partial charge in [-0.1, -0.05) is 36.4 Å². The third kappa shape index (κ3) is 2.61. The molecule has 3 aromatic rings. The van der Waals surface area contributed by atoms with Crippen molar-refractivity contribution in [1.82, 2.24) is 4.98 Å². The summed E-state index contributed by atoms with van der Waals surface area (Å²) in [6.07, 6.45) is 7.08. The van der Waals surface area contributed by atoms with Gasteiger partial charge in [-0.3, -0.25) is 14.6 Å². The van der Waals surface area contributed by atoms with E-state index in [0.717, 1.165) is 11.8 Å². The normalized spacial score (nSPS) is 31.0. The van der Waals surface area contributed by atoms with Crippen LogP contribution in [0.15, 0.2) is 72.9 Å². The van der Waals surface area contributed by atoms with Gasteiger partial charge >= 0.3 is 5.97 Å². The Kier molecular flexibility index (Phi) is 3.75. The number of fused-ring (bicyclic) bond motifs is 1.